The molecule has 1 aliphatic carbocycles. The lowest BCUT2D eigenvalue weighted by molar-refractivity contribution is -0.136. The van der Waals surface area contributed by atoms with Crippen molar-refractivity contribution in [2.24, 2.45) is 0 Å². The van der Waals surface area contributed by atoms with E-state index in [1.807, 2.05) is 24.3 Å². The molecule has 0 bridgehead atoms. The van der Waals surface area contributed by atoms with Gasteiger partial charge in [0.2, 0.25) is 17.8 Å². The molecule has 16 nitrogen and oxygen atoms in total. The quantitative estimate of drug-likeness (QED) is 0.112. The number of rotatable bonds is 12. The molecule has 3 fully saturated rings. The van der Waals surface area contributed by atoms with Crippen molar-refractivity contribution in [3.8, 4) is 0 Å². The molecule has 4 aromatic rings. The number of amides is 5. The molecule has 5 aliphatic rings. The van der Waals surface area contributed by atoms with Gasteiger partial charge in [0, 0.05) is 87.5 Å². The van der Waals surface area contributed by atoms with Gasteiger partial charge in [-0.05, 0) is 86.6 Å². The highest BCUT2D eigenvalue weighted by Gasteiger charge is 2.46. The number of piperazine rings is 1. The van der Waals surface area contributed by atoms with Crippen molar-refractivity contribution < 1.29 is 24.0 Å². The topological polar surface area (TPSA) is 185 Å². The summed E-state index contributed by atoms with van der Waals surface area (Å²) in [5, 5.41) is 11.7. The van der Waals surface area contributed by atoms with Crippen LogP contribution in [0, 0.1) is 0 Å². The molecule has 5 amide bonds. The second-order valence-electron chi connectivity index (χ2n) is 16.5. The maximum atomic E-state index is 13.7. The summed E-state index contributed by atoms with van der Waals surface area (Å²) in [6.45, 7) is 11.3. The van der Waals surface area contributed by atoms with E-state index in [9.17, 15) is 24.0 Å². The lowest BCUT2D eigenvalue weighted by Crippen LogP contribution is -2.54. The third-order valence-corrected chi connectivity index (χ3v) is 12.9. The lowest BCUT2D eigenvalue weighted by Gasteiger charge is -2.44. The van der Waals surface area contributed by atoms with Gasteiger partial charge < -0.3 is 25.8 Å². The monoisotopic (exact) mass is 837 g/mol. The van der Waals surface area contributed by atoms with Crippen LogP contribution >= 0.6 is 0 Å². The van der Waals surface area contributed by atoms with Gasteiger partial charge in [-0.2, -0.15) is 4.98 Å². The zero-order valence-corrected chi connectivity index (χ0v) is 34.9. The highest BCUT2D eigenvalue weighted by Crippen LogP contribution is 2.37. The Hall–Kier alpha value is -6.68. The van der Waals surface area contributed by atoms with Gasteiger partial charge in [-0.15, -0.1) is 6.58 Å². The third kappa shape index (κ3) is 7.97. The smallest absolute Gasteiger partial charge is 0.264 e. The van der Waals surface area contributed by atoms with Crippen LogP contribution in [0.5, 0.6) is 0 Å². The predicted octanol–water partition coefficient (Wildman–Crippen LogP) is 4.91. The number of carbonyl (C=O) groups excluding carboxylic acids is 5. The lowest BCUT2D eigenvalue weighted by atomic mass is 9.99. The zero-order chi connectivity index (χ0) is 42.9. The first-order chi connectivity index (χ1) is 30.2. The van der Waals surface area contributed by atoms with Gasteiger partial charge >= 0.3 is 0 Å². The SMILES string of the molecule is C=CCNC(=O)c1cnc(Nc2ccc(N3CCN(C4CCN(c5cccc6c5C(=O)N(C5CCC(=O)NC5=O)C6=O)CC4)CC3)cc2)nc1Nc1ccc2c(n1)C(CC)CC2. The summed E-state index contributed by atoms with van der Waals surface area (Å²) < 4.78 is 0. The number of aryl methyl sites for hydroxylation is 1. The summed E-state index contributed by atoms with van der Waals surface area (Å²) in [5.41, 5.74) is 6.01. The number of nitrogens with one attached hydrogen (secondary N) is 4. The first-order valence-electron chi connectivity index (χ1n) is 21.7. The van der Waals surface area contributed by atoms with Gasteiger partial charge in [-0.1, -0.05) is 25.1 Å². The van der Waals surface area contributed by atoms with E-state index in [1.54, 1.807) is 18.2 Å². The van der Waals surface area contributed by atoms with E-state index >= 15 is 0 Å². The number of imide groups is 2. The number of piperidine rings is 2. The highest BCUT2D eigenvalue weighted by molar-refractivity contribution is 6.25. The Balaban J connectivity index is 0.799. The van der Waals surface area contributed by atoms with E-state index in [1.165, 1.54) is 11.8 Å². The third-order valence-electron chi connectivity index (χ3n) is 12.9. The van der Waals surface area contributed by atoms with Crippen molar-refractivity contribution in [3.63, 3.8) is 0 Å². The Morgan fingerprint density at radius 1 is 0.855 bits per heavy atom. The summed E-state index contributed by atoms with van der Waals surface area (Å²) in [6, 6.07) is 17.0. The summed E-state index contributed by atoms with van der Waals surface area (Å²) in [5.74, 6) is -0.500. The minimum absolute atomic E-state index is 0.0864. The Labute approximate surface area is 360 Å². The summed E-state index contributed by atoms with van der Waals surface area (Å²) in [4.78, 5) is 86.8. The molecule has 2 aromatic carbocycles. The van der Waals surface area contributed by atoms with Crippen LogP contribution in [0.3, 0.4) is 0 Å². The fourth-order valence-electron chi connectivity index (χ4n) is 9.55. The molecular formula is C46H51N11O5. The molecular weight excluding hydrogens is 787 g/mol. The number of aromatic nitrogens is 3. The van der Waals surface area contributed by atoms with Crippen LogP contribution in [-0.2, 0) is 16.0 Å². The molecule has 320 valence electrons. The Kier molecular flexibility index (Phi) is 11.4. The average molecular weight is 838 g/mol. The summed E-state index contributed by atoms with van der Waals surface area (Å²) in [6.07, 6.45) is 8.36. The average Bonchev–Trinajstić information content (AvgIpc) is 3.82. The van der Waals surface area contributed by atoms with E-state index in [0.717, 1.165) is 99.0 Å². The zero-order valence-electron chi connectivity index (χ0n) is 34.9. The minimum atomic E-state index is -0.987. The fraction of sp³-hybridized carbons (Fsp3) is 0.391. The standard InChI is InChI=1S/C46H51N11O5/c1-3-20-47-42(59)34-27-48-46(53-41(34)51-37-16-10-29-9-8-28(4-2)40(29)50-37)49-30-11-13-31(14-12-30)54-23-25-55(26-24-54)32-18-21-56(22-19-32)35-7-5-6-33-39(35)45(62)57(44(33)61)36-15-17-38(58)52-43(36)60/h3,5-7,10-14,16,27-28,32,36H,1,4,8-9,15,17-26H2,2H3,(H,47,59)(H,52,58,60)(H2,48,49,50,51,53). The minimum Gasteiger partial charge on any atom is -0.371 e. The molecule has 16 heteroatoms. The number of hydrogen-bond donors (Lipinski definition) is 4. The van der Waals surface area contributed by atoms with Gasteiger partial charge in [0.15, 0.2) is 0 Å². The van der Waals surface area contributed by atoms with Crippen molar-refractivity contribution in [3.05, 3.63) is 101 Å². The number of pyridine rings is 1. The highest BCUT2D eigenvalue weighted by atomic mass is 16.2. The normalized spacial score (nSPS) is 20.5. The van der Waals surface area contributed by atoms with Crippen LogP contribution < -0.4 is 31.1 Å². The van der Waals surface area contributed by atoms with E-state index < -0.39 is 29.7 Å². The van der Waals surface area contributed by atoms with Crippen molar-refractivity contribution in [2.45, 2.75) is 69.9 Å². The largest absolute Gasteiger partial charge is 0.371 e. The number of carbonyl (C=O) groups is 5. The molecule has 3 saturated heterocycles. The van der Waals surface area contributed by atoms with Crippen LogP contribution in [0.15, 0.2) is 73.4 Å². The Bertz CT molecular complexity index is 2420. The molecule has 0 radical (unpaired) electrons. The number of anilines is 6. The van der Waals surface area contributed by atoms with E-state index in [2.05, 4.69) is 72.7 Å². The van der Waals surface area contributed by atoms with Gasteiger partial charge in [-0.25, -0.2) is 9.97 Å². The Morgan fingerprint density at radius 2 is 1.65 bits per heavy atom. The van der Waals surface area contributed by atoms with E-state index in [4.69, 9.17) is 9.97 Å². The van der Waals surface area contributed by atoms with Crippen LogP contribution in [0.4, 0.5) is 34.6 Å². The first kappa shape index (κ1) is 40.7. The number of nitrogens with zero attached hydrogens (tertiary/aromatic N) is 7. The molecule has 0 spiro atoms. The summed E-state index contributed by atoms with van der Waals surface area (Å²) in [7, 11) is 0. The Morgan fingerprint density at radius 3 is 2.39 bits per heavy atom. The van der Waals surface area contributed by atoms with Crippen molar-refractivity contribution in [1.82, 2.24) is 35.4 Å². The summed E-state index contributed by atoms with van der Waals surface area (Å²) >= 11 is 0. The van der Waals surface area contributed by atoms with Crippen LogP contribution in [0.1, 0.15) is 93.7 Å². The molecule has 9 rings (SSSR count). The van der Waals surface area contributed by atoms with Gasteiger partial charge in [0.05, 0.1) is 16.8 Å². The van der Waals surface area contributed by atoms with Crippen LogP contribution in [0.2, 0.25) is 0 Å². The molecule has 6 heterocycles. The number of hydrogen-bond acceptors (Lipinski definition) is 13. The second-order valence-corrected chi connectivity index (χ2v) is 16.5. The molecule has 4 aliphatic heterocycles. The van der Waals surface area contributed by atoms with Crippen molar-refractivity contribution in [2.75, 3.05) is 66.2 Å². The molecule has 2 aromatic heterocycles. The van der Waals surface area contributed by atoms with E-state index in [-0.39, 0.29) is 18.7 Å². The van der Waals surface area contributed by atoms with Crippen LogP contribution in [-0.4, -0.2) is 112 Å². The van der Waals surface area contributed by atoms with Crippen LogP contribution in [0.25, 0.3) is 0 Å². The van der Waals surface area contributed by atoms with E-state index in [0.29, 0.717) is 52.8 Å². The second kappa shape index (κ2) is 17.4. The predicted molar refractivity (Wildman–Crippen MR) is 235 cm³/mol. The van der Waals surface area contributed by atoms with Crippen molar-refractivity contribution in [1.29, 1.82) is 0 Å². The van der Waals surface area contributed by atoms with Gasteiger partial charge in [0.1, 0.15) is 23.2 Å². The first-order valence-corrected chi connectivity index (χ1v) is 21.7. The maximum absolute atomic E-state index is 13.7. The molecule has 2 atom stereocenters. The van der Waals surface area contributed by atoms with Crippen molar-refractivity contribution >= 4 is 64.2 Å². The van der Waals surface area contributed by atoms with Gasteiger partial charge in [-0.3, -0.25) is 39.1 Å². The molecule has 0 saturated carbocycles. The fourth-order valence-corrected chi connectivity index (χ4v) is 9.55. The number of fused-ring (bicyclic) bond motifs is 2. The number of benzene rings is 2. The molecule has 62 heavy (non-hydrogen) atoms. The molecule has 4 N–H and O–H groups in total. The maximum Gasteiger partial charge on any atom is 0.264 e. The molecule has 2 unspecified atom stereocenters. The van der Waals surface area contributed by atoms with Gasteiger partial charge in [0.25, 0.3) is 17.7 Å².